The van der Waals surface area contributed by atoms with E-state index >= 15 is 0 Å². The molecular weight excluding hydrogens is 437 g/mol. The van der Waals surface area contributed by atoms with E-state index in [4.69, 9.17) is 9.84 Å². The number of carbonyl (C=O) groups excluding carboxylic acids is 2. The molecular formula is C18H18INO5. The monoisotopic (exact) mass is 455 g/mol. The van der Waals surface area contributed by atoms with Crippen molar-refractivity contribution in [2.45, 2.75) is 18.9 Å². The predicted molar refractivity (Wildman–Crippen MR) is 100 cm³/mol. The third kappa shape index (κ3) is 5.71. The fourth-order valence-corrected chi connectivity index (χ4v) is 2.77. The van der Waals surface area contributed by atoms with E-state index in [9.17, 15) is 14.7 Å². The fourth-order valence-electron chi connectivity index (χ4n) is 2.25. The number of ether oxygens (including phenoxy) is 1. The Morgan fingerprint density at radius 1 is 1.16 bits per heavy atom. The van der Waals surface area contributed by atoms with Gasteiger partial charge in [-0.15, -0.1) is 0 Å². The Labute approximate surface area is 159 Å². The van der Waals surface area contributed by atoms with Gasteiger partial charge in [-0.2, -0.15) is 0 Å². The van der Waals surface area contributed by atoms with E-state index in [2.05, 4.69) is 27.9 Å². The van der Waals surface area contributed by atoms with E-state index in [1.807, 2.05) is 0 Å². The van der Waals surface area contributed by atoms with E-state index in [-0.39, 0.29) is 12.4 Å². The molecule has 0 aliphatic carbocycles. The van der Waals surface area contributed by atoms with Crippen LogP contribution in [0.1, 0.15) is 34.9 Å². The number of carbonyl (C=O) groups is 2. The van der Waals surface area contributed by atoms with Crippen molar-refractivity contribution in [2.24, 2.45) is 0 Å². The summed E-state index contributed by atoms with van der Waals surface area (Å²) in [6.07, 6.45) is -0.979. The predicted octanol–water partition coefficient (Wildman–Crippen LogP) is 3.38. The number of alkyl carbamates (subject to hydrolysis) is 1. The molecule has 2 aromatic carbocycles. The summed E-state index contributed by atoms with van der Waals surface area (Å²) in [4.78, 5) is 24.1. The number of rotatable bonds is 6. The lowest BCUT2D eigenvalue weighted by molar-refractivity contribution is 0.0763. The molecule has 2 aromatic rings. The summed E-state index contributed by atoms with van der Waals surface area (Å²) >= 11 is 2.08. The van der Waals surface area contributed by atoms with E-state index in [0.717, 1.165) is 3.57 Å². The van der Waals surface area contributed by atoms with E-state index < -0.39 is 18.1 Å². The first-order valence-corrected chi connectivity index (χ1v) is 8.75. The first kappa shape index (κ1) is 19.2. The van der Waals surface area contributed by atoms with Crippen LogP contribution >= 0.6 is 22.6 Å². The van der Waals surface area contributed by atoms with Crippen LogP contribution in [-0.2, 0) is 4.74 Å². The number of imide groups is 1. The molecule has 132 valence electrons. The van der Waals surface area contributed by atoms with Crippen LogP contribution in [0.2, 0.25) is 0 Å². The van der Waals surface area contributed by atoms with Crippen LogP contribution in [0.4, 0.5) is 4.79 Å². The molecule has 2 amide bonds. The lowest BCUT2D eigenvalue weighted by Crippen LogP contribution is -2.32. The van der Waals surface area contributed by atoms with Gasteiger partial charge in [0.2, 0.25) is 0 Å². The molecule has 0 heterocycles. The van der Waals surface area contributed by atoms with Crippen molar-refractivity contribution in [3.8, 4) is 5.75 Å². The summed E-state index contributed by atoms with van der Waals surface area (Å²) in [5.41, 5.74) is 0.770. The first-order chi connectivity index (χ1) is 12.0. The maximum atomic E-state index is 12.1. The first-order valence-electron chi connectivity index (χ1n) is 7.67. The smallest absolute Gasteiger partial charge is 0.414 e. The highest BCUT2D eigenvalue weighted by Gasteiger charge is 2.21. The van der Waals surface area contributed by atoms with E-state index in [0.29, 0.717) is 24.0 Å². The van der Waals surface area contributed by atoms with Crippen LogP contribution in [0.25, 0.3) is 0 Å². The number of aliphatic hydroxyl groups excluding tert-OH is 1. The SMILES string of the molecule is O=C(NC(=O)c1ccccc1)O[C@@H](CCCO)c1cc(I)ccc1O. The van der Waals surface area contributed by atoms with Crippen LogP contribution in [0, 0.1) is 3.57 Å². The highest BCUT2D eigenvalue weighted by Crippen LogP contribution is 2.31. The second-order valence-electron chi connectivity index (χ2n) is 5.28. The maximum Gasteiger partial charge on any atom is 0.414 e. The second kappa shape index (κ2) is 9.38. The zero-order valence-corrected chi connectivity index (χ0v) is 15.5. The molecule has 0 aromatic heterocycles. The molecule has 1 atom stereocenters. The van der Waals surface area contributed by atoms with Gasteiger partial charge in [-0.05, 0) is 65.8 Å². The van der Waals surface area contributed by atoms with E-state index in [1.165, 1.54) is 6.07 Å². The molecule has 0 aliphatic rings. The number of amides is 2. The number of aromatic hydroxyl groups is 1. The summed E-state index contributed by atoms with van der Waals surface area (Å²) < 4.78 is 6.19. The zero-order valence-electron chi connectivity index (χ0n) is 13.3. The van der Waals surface area contributed by atoms with Crippen LogP contribution in [0.15, 0.2) is 48.5 Å². The number of nitrogens with one attached hydrogen (secondary N) is 1. The zero-order chi connectivity index (χ0) is 18.2. The topological polar surface area (TPSA) is 95.9 Å². The van der Waals surface area contributed by atoms with Gasteiger partial charge in [0.25, 0.3) is 5.91 Å². The van der Waals surface area contributed by atoms with Crippen molar-refractivity contribution in [1.29, 1.82) is 0 Å². The molecule has 0 saturated carbocycles. The van der Waals surface area contributed by atoms with Crippen molar-refractivity contribution >= 4 is 34.6 Å². The van der Waals surface area contributed by atoms with Gasteiger partial charge in [-0.1, -0.05) is 18.2 Å². The minimum absolute atomic E-state index is 0.00876. The third-order valence-electron chi connectivity index (χ3n) is 3.46. The van der Waals surface area contributed by atoms with Gasteiger partial charge < -0.3 is 14.9 Å². The number of hydrogen-bond donors (Lipinski definition) is 3. The van der Waals surface area contributed by atoms with Crippen LogP contribution in [0.5, 0.6) is 5.75 Å². The molecule has 7 heteroatoms. The van der Waals surface area contributed by atoms with Crippen molar-refractivity contribution in [3.05, 3.63) is 63.2 Å². The molecule has 0 saturated heterocycles. The molecule has 0 unspecified atom stereocenters. The van der Waals surface area contributed by atoms with Gasteiger partial charge in [-0.25, -0.2) is 4.79 Å². The van der Waals surface area contributed by atoms with Gasteiger partial charge in [0.05, 0.1) is 0 Å². The number of halogens is 1. The van der Waals surface area contributed by atoms with Gasteiger partial charge in [0, 0.05) is 21.3 Å². The van der Waals surface area contributed by atoms with Gasteiger partial charge >= 0.3 is 6.09 Å². The summed E-state index contributed by atoms with van der Waals surface area (Å²) in [7, 11) is 0. The van der Waals surface area contributed by atoms with Crippen molar-refractivity contribution in [2.75, 3.05) is 6.61 Å². The maximum absolute atomic E-state index is 12.1. The quantitative estimate of drug-likeness (QED) is 0.581. The summed E-state index contributed by atoms with van der Waals surface area (Å²) in [5.74, 6) is -0.580. The highest BCUT2D eigenvalue weighted by atomic mass is 127. The Kier molecular flexibility index (Phi) is 7.20. The third-order valence-corrected chi connectivity index (χ3v) is 4.13. The minimum atomic E-state index is -0.907. The Bertz CT molecular complexity index is 736. The number of aliphatic hydroxyl groups is 1. The largest absolute Gasteiger partial charge is 0.508 e. The van der Waals surface area contributed by atoms with Crippen molar-refractivity contribution in [3.63, 3.8) is 0 Å². The van der Waals surface area contributed by atoms with Gasteiger partial charge in [-0.3, -0.25) is 10.1 Å². The van der Waals surface area contributed by atoms with Crippen LogP contribution in [-0.4, -0.2) is 28.8 Å². The molecule has 25 heavy (non-hydrogen) atoms. The molecule has 0 aliphatic heterocycles. The molecule has 6 nitrogen and oxygen atoms in total. The highest BCUT2D eigenvalue weighted by molar-refractivity contribution is 14.1. The van der Waals surface area contributed by atoms with Crippen molar-refractivity contribution in [1.82, 2.24) is 5.32 Å². The lowest BCUT2D eigenvalue weighted by atomic mass is 10.0. The van der Waals surface area contributed by atoms with Crippen LogP contribution < -0.4 is 5.32 Å². The Balaban J connectivity index is 2.09. The summed E-state index contributed by atoms with van der Waals surface area (Å²) in [6, 6.07) is 13.2. The number of phenols is 1. The molecule has 0 radical (unpaired) electrons. The Hall–Kier alpha value is -2.13. The lowest BCUT2D eigenvalue weighted by Gasteiger charge is -2.19. The standard InChI is InChI=1S/C18H18INO5/c19-13-8-9-15(22)14(11-13)16(7-4-10-21)25-18(24)20-17(23)12-5-2-1-3-6-12/h1-3,5-6,8-9,11,16,21-22H,4,7,10H2,(H,20,23,24)/t16-/m0/s1. The summed E-state index contributed by atoms with van der Waals surface area (Å²) in [5, 5.41) is 21.2. The fraction of sp³-hybridized carbons (Fsp3) is 0.222. The molecule has 3 N–H and O–H groups in total. The average Bonchev–Trinajstić information content (AvgIpc) is 2.61. The number of hydrogen-bond acceptors (Lipinski definition) is 5. The molecule has 0 fully saturated rings. The normalized spacial score (nSPS) is 11.6. The van der Waals surface area contributed by atoms with Gasteiger partial charge in [0.1, 0.15) is 11.9 Å². The minimum Gasteiger partial charge on any atom is -0.508 e. The molecule has 0 spiro atoms. The summed E-state index contributed by atoms with van der Waals surface area (Å²) in [6.45, 7) is -0.0743. The second-order valence-corrected chi connectivity index (χ2v) is 6.53. The number of benzene rings is 2. The van der Waals surface area contributed by atoms with Crippen LogP contribution in [0.3, 0.4) is 0 Å². The van der Waals surface area contributed by atoms with Gasteiger partial charge in [0.15, 0.2) is 0 Å². The number of phenolic OH excluding ortho intramolecular Hbond substituents is 1. The van der Waals surface area contributed by atoms with Crippen molar-refractivity contribution < 1.29 is 24.5 Å². The molecule has 2 rings (SSSR count). The Morgan fingerprint density at radius 2 is 1.88 bits per heavy atom. The van der Waals surface area contributed by atoms with E-state index in [1.54, 1.807) is 42.5 Å². The molecule has 0 bridgehead atoms. The average molecular weight is 455 g/mol. The Morgan fingerprint density at radius 3 is 2.56 bits per heavy atom.